The standard InChI is InChI=1S/C17H30INO3/c1-17(18)8-6-14(7-9-17)16(20)19-15-5-3-4-13(10-15)11-22-12-21-2/h13-15H,3-12H2,1-2H3,(H,19,20). The van der Waals surface area contributed by atoms with Gasteiger partial charge in [-0.25, -0.2) is 0 Å². The van der Waals surface area contributed by atoms with Gasteiger partial charge in [0.2, 0.25) is 5.91 Å². The smallest absolute Gasteiger partial charge is 0.223 e. The molecule has 128 valence electrons. The third-order valence-electron chi connectivity index (χ3n) is 5.08. The van der Waals surface area contributed by atoms with Gasteiger partial charge >= 0.3 is 0 Å². The second kappa shape index (κ2) is 8.83. The number of carbonyl (C=O) groups excluding carboxylic acids is 1. The number of methoxy groups -OCH3 is 1. The van der Waals surface area contributed by atoms with Crippen molar-refractivity contribution in [3.63, 3.8) is 0 Å². The van der Waals surface area contributed by atoms with Crippen molar-refractivity contribution in [3.8, 4) is 0 Å². The lowest BCUT2D eigenvalue weighted by atomic mass is 9.81. The zero-order valence-corrected chi connectivity index (χ0v) is 16.1. The summed E-state index contributed by atoms with van der Waals surface area (Å²) in [5.41, 5.74) is 0. The quantitative estimate of drug-likeness (QED) is 0.307. The van der Waals surface area contributed by atoms with Crippen molar-refractivity contribution in [1.29, 1.82) is 0 Å². The highest BCUT2D eigenvalue weighted by Crippen LogP contribution is 2.38. The zero-order valence-electron chi connectivity index (χ0n) is 13.9. The summed E-state index contributed by atoms with van der Waals surface area (Å²) in [4.78, 5) is 12.5. The second-order valence-corrected chi connectivity index (χ2v) is 9.81. The van der Waals surface area contributed by atoms with Crippen LogP contribution in [0.4, 0.5) is 0 Å². The van der Waals surface area contributed by atoms with Crippen LogP contribution in [0, 0.1) is 11.8 Å². The summed E-state index contributed by atoms with van der Waals surface area (Å²) in [7, 11) is 1.65. The van der Waals surface area contributed by atoms with Gasteiger partial charge in [-0.05, 0) is 50.9 Å². The molecule has 2 unspecified atom stereocenters. The minimum absolute atomic E-state index is 0.230. The molecule has 0 spiro atoms. The first-order valence-electron chi connectivity index (χ1n) is 8.56. The third kappa shape index (κ3) is 5.96. The largest absolute Gasteiger partial charge is 0.359 e. The van der Waals surface area contributed by atoms with Crippen molar-refractivity contribution in [2.45, 2.75) is 67.8 Å². The highest BCUT2D eigenvalue weighted by atomic mass is 127. The van der Waals surface area contributed by atoms with Gasteiger partial charge in [0.15, 0.2) is 0 Å². The Bertz CT molecular complexity index is 352. The van der Waals surface area contributed by atoms with E-state index in [0.29, 0.717) is 22.2 Å². The van der Waals surface area contributed by atoms with Crippen LogP contribution < -0.4 is 5.32 Å². The van der Waals surface area contributed by atoms with Crippen LogP contribution in [0.2, 0.25) is 0 Å². The maximum absolute atomic E-state index is 12.5. The molecule has 2 fully saturated rings. The molecule has 0 aromatic rings. The Labute approximate surface area is 148 Å². The van der Waals surface area contributed by atoms with Gasteiger partial charge in [-0.15, -0.1) is 0 Å². The van der Waals surface area contributed by atoms with Crippen LogP contribution in [0.25, 0.3) is 0 Å². The van der Waals surface area contributed by atoms with E-state index in [-0.39, 0.29) is 11.8 Å². The average molecular weight is 423 g/mol. The van der Waals surface area contributed by atoms with Crippen LogP contribution in [0.15, 0.2) is 0 Å². The van der Waals surface area contributed by atoms with Crippen molar-refractivity contribution in [2.75, 3.05) is 20.5 Å². The molecule has 0 saturated heterocycles. The predicted molar refractivity (Wildman–Crippen MR) is 96.1 cm³/mol. The van der Waals surface area contributed by atoms with E-state index >= 15 is 0 Å². The molecule has 0 radical (unpaired) electrons. The SMILES string of the molecule is COCOCC1CCCC(NC(=O)C2CCC(C)(I)CC2)C1. The molecule has 0 aromatic carbocycles. The molecule has 2 atom stereocenters. The Hall–Kier alpha value is 0.120. The molecule has 0 bridgehead atoms. The van der Waals surface area contributed by atoms with Crippen molar-refractivity contribution >= 4 is 28.5 Å². The summed E-state index contributed by atoms with van der Waals surface area (Å²) in [5.74, 6) is 1.07. The molecule has 22 heavy (non-hydrogen) atoms. The Balaban J connectivity index is 1.72. The first-order chi connectivity index (χ1) is 10.5. The predicted octanol–water partition coefficient (Wildman–Crippen LogP) is 3.67. The van der Waals surface area contributed by atoms with Gasteiger partial charge < -0.3 is 14.8 Å². The van der Waals surface area contributed by atoms with E-state index in [2.05, 4.69) is 34.8 Å². The molecule has 2 aliphatic carbocycles. The average Bonchev–Trinajstić information content (AvgIpc) is 2.48. The molecule has 0 heterocycles. The van der Waals surface area contributed by atoms with Crippen LogP contribution in [0.1, 0.15) is 58.3 Å². The minimum atomic E-state index is 0.230. The van der Waals surface area contributed by atoms with Crippen molar-refractivity contribution in [2.24, 2.45) is 11.8 Å². The number of hydrogen-bond donors (Lipinski definition) is 1. The minimum Gasteiger partial charge on any atom is -0.359 e. The normalized spacial score (nSPS) is 36.0. The molecule has 4 nitrogen and oxygen atoms in total. The molecule has 5 heteroatoms. The first-order valence-corrected chi connectivity index (χ1v) is 9.64. The number of rotatable bonds is 6. The summed E-state index contributed by atoms with van der Waals surface area (Å²) < 4.78 is 10.8. The summed E-state index contributed by atoms with van der Waals surface area (Å²) >= 11 is 2.54. The molecule has 0 aliphatic heterocycles. The van der Waals surface area contributed by atoms with Crippen LogP contribution in [-0.4, -0.2) is 35.9 Å². The molecule has 2 rings (SSSR count). The van der Waals surface area contributed by atoms with Crippen molar-refractivity contribution < 1.29 is 14.3 Å². The summed E-state index contributed by atoms with van der Waals surface area (Å²) in [5, 5.41) is 3.31. The Morgan fingerprint density at radius 1 is 1.27 bits per heavy atom. The lowest BCUT2D eigenvalue weighted by molar-refractivity contribution is -0.127. The van der Waals surface area contributed by atoms with Crippen molar-refractivity contribution in [3.05, 3.63) is 0 Å². The maximum Gasteiger partial charge on any atom is 0.223 e. The molecule has 1 N–H and O–H groups in total. The summed E-state index contributed by atoms with van der Waals surface area (Å²) in [6, 6.07) is 0.338. The van der Waals surface area contributed by atoms with Crippen molar-refractivity contribution in [1.82, 2.24) is 5.32 Å². The van der Waals surface area contributed by atoms with Gasteiger partial charge in [0, 0.05) is 22.5 Å². The highest BCUT2D eigenvalue weighted by Gasteiger charge is 2.33. The molecule has 1 amide bonds. The summed E-state index contributed by atoms with van der Waals surface area (Å²) in [6.07, 6.45) is 8.94. The van der Waals surface area contributed by atoms with Crippen LogP contribution in [0.3, 0.4) is 0 Å². The number of carbonyl (C=O) groups is 1. The van der Waals surface area contributed by atoms with Gasteiger partial charge in [-0.3, -0.25) is 4.79 Å². The van der Waals surface area contributed by atoms with Gasteiger partial charge in [0.1, 0.15) is 6.79 Å². The second-order valence-electron chi connectivity index (χ2n) is 7.20. The van der Waals surface area contributed by atoms with E-state index in [0.717, 1.165) is 45.1 Å². The fraction of sp³-hybridized carbons (Fsp3) is 0.941. The summed E-state index contributed by atoms with van der Waals surface area (Å²) in [6.45, 7) is 3.41. The number of alkyl halides is 1. The van der Waals surface area contributed by atoms with Crippen LogP contribution in [0.5, 0.6) is 0 Å². The molecule has 2 saturated carbocycles. The Morgan fingerprint density at radius 3 is 2.68 bits per heavy atom. The van der Waals surface area contributed by atoms with Gasteiger partial charge in [0.05, 0.1) is 6.61 Å². The third-order valence-corrected chi connectivity index (χ3v) is 6.16. The van der Waals surface area contributed by atoms with E-state index in [9.17, 15) is 4.79 Å². The van der Waals surface area contributed by atoms with Crippen LogP contribution in [-0.2, 0) is 14.3 Å². The van der Waals surface area contributed by atoms with Gasteiger partial charge in [-0.1, -0.05) is 35.9 Å². The maximum atomic E-state index is 12.5. The topological polar surface area (TPSA) is 47.6 Å². The van der Waals surface area contributed by atoms with E-state index in [4.69, 9.17) is 9.47 Å². The monoisotopic (exact) mass is 423 g/mol. The van der Waals surface area contributed by atoms with Gasteiger partial charge in [-0.2, -0.15) is 0 Å². The molecule has 0 aromatic heterocycles. The number of nitrogens with one attached hydrogen (secondary N) is 1. The Morgan fingerprint density at radius 2 is 2.00 bits per heavy atom. The first kappa shape index (κ1) is 18.5. The van der Waals surface area contributed by atoms with E-state index in [1.807, 2.05) is 0 Å². The molecular formula is C17H30INO3. The fourth-order valence-electron chi connectivity index (χ4n) is 3.67. The molecular weight excluding hydrogens is 393 g/mol. The Kier molecular flexibility index (Phi) is 7.41. The van der Waals surface area contributed by atoms with E-state index in [1.54, 1.807) is 7.11 Å². The van der Waals surface area contributed by atoms with Gasteiger partial charge in [0.25, 0.3) is 0 Å². The molecule has 2 aliphatic rings. The fourth-order valence-corrected chi connectivity index (χ4v) is 4.30. The van der Waals surface area contributed by atoms with Crippen LogP contribution >= 0.6 is 22.6 Å². The number of ether oxygens (including phenoxy) is 2. The van der Waals surface area contributed by atoms with E-state index in [1.165, 1.54) is 12.8 Å². The number of halogens is 1. The zero-order chi connectivity index (χ0) is 16.0. The highest BCUT2D eigenvalue weighted by molar-refractivity contribution is 14.1. The number of hydrogen-bond acceptors (Lipinski definition) is 3. The number of amides is 1. The lowest BCUT2D eigenvalue weighted by Crippen LogP contribution is -2.43. The lowest BCUT2D eigenvalue weighted by Gasteiger charge is -2.34. The van der Waals surface area contributed by atoms with E-state index < -0.39 is 0 Å².